The smallest absolute Gasteiger partial charge is 0.240 e. The first-order chi connectivity index (χ1) is 11.5. The molecule has 1 unspecified atom stereocenters. The van der Waals surface area contributed by atoms with E-state index < -0.39 is 0 Å². The summed E-state index contributed by atoms with van der Waals surface area (Å²) in [6, 6.07) is 8.18. The van der Waals surface area contributed by atoms with Gasteiger partial charge in [0.2, 0.25) is 5.91 Å². The van der Waals surface area contributed by atoms with E-state index in [2.05, 4.69) is 22.4 Å². The van der Waals surface area contributed by atoms with Crippen LogP contribution in [0, 0.1) is 11.7 Å². The molecule has 0 radical (unpaired) electrons. The highest BCUT2D eigenvalue weighted by atomic mass is 32.1. The molecule has 0 aliphatic rings. The third-order valence-corrected chi connectivity index (χ3v) is 4.30. The number of nitrogens with zero attached hydrogens (tertiary/aromatic N) is 2. The topological polar surface area (TPSA) is 62.7 Å². The Balaban J connectivity index is 2.06. The SMILES string of the molecule is CCCCCC(C)NC(=O)Cn1c(-c2cccc(C)c2)n[nH]c1=S. The maximum absolute atomic E-state index is 12.3. The Morgan fingerprint density at radius 1 is 1.42 bits per heavy atom. The van der Waals surface area contributed by atoms with Crippen LogP contribution in [0.25, 0.3) is 11.4 Å². The molecule has 5 nitrogen and oxygen atoms in total. The maximum atomic E-state index is 12.3. The summed E-state index contributed by atoms with van der Waals surface area (Å²) in [7, 11) is 0. The maximum Gasteiger partial charge on any atom is 0.240 e. The quantitative estimate of drug-likeness (QED) is 0.561. The van der Waals surface area contributed by atoms with Crippen LogP contribution in [0.15, 0.2) is 24.3 Å². The largest absolute Gasteiger partial charge is 0.352 e. The molecule has 1 aromatic heterocycles. The van der Waals surface area contributed by atoms with Gasteiger partial charge in [0.25, 0.3) is 0 Å². The second-order valence-electron chi connectivity index (χ2n) is 6.27. The van der Waals surface area contributed by atoms with Crippen LogP contribution in [0.4, 0.5) is 0 Å². The monoisotopic (exact) mass is 346 g/mol. The number of carbonyl (C=O) groups is 1. The van der Waals surface area contributed by atoms with E-state index in [-0.39, 0.29) is 18.5 Å². The van der Waals surface area contributed by atoms with Crippen LogP contribution < -0.4 is 5.32 Å². The number of aryl methyl sites for hydroxylation is 1. The van der Waals surface area contributed by atoms with Gasteiger partial charge in [0, 0.05) is 11.6 Å². The summed E-state index contributed by atoms with van der Waals surface area (Å²) in [6.07, 6.45) is 4.52. The van der Waals surface area contributed by atoms with Crippen molar-refractivity contribution in [3.05, 3.63) is 34.6 Å². The van der Waals surface area contributed by atoms with Crippen LogP contribution >= 0.6 is 12.2 Å². The fourth-order valence-electron chi connectivity index (χ4n) is 2.71. The predicted octanol–water partition coefficient (Wildman–Crippen LogP) is 4.00. The number of hydrogen-bond acceptors (Lipinski definition) is 3. The van der Waals surface area contributed by atoms with Crippen molar-refractivity contribution >= 4 is 18.1 Å². The predicted molar refractivity (Wildman–Crippen MR) is 99.3 cm³/mol. The van der Waals surface area contributed by atoms with Crippen LogP contribution in [0.1, 0.15) is 45.1 Å². The van der Waals surface area contributed by atoms with Crippen molar-refractivity contribution in [1.82, 2.24) is 20.1 Å². The molecule has 1 aromatic carbocycles. The molecule has 24 heavy (non-hydrogen) atoms. The first-order valence-electron chi connectivity index (χ1n) is 8.53. The molecule has 1 heterocycles. The summed E-state index contributed by atoms with van der Waals surface area (Å²) in [5.74, 6) is 0.655. The summed E-state index contributed by atoms with van der Waals surface area (Å²) in [5.41, 5.74) is 2.09. The molecule has 1 amide bonds. The van der Waals surface area contributed by atoms with E-state index in [4.69, 9.17) is 12.2 Å². The van der Waals surface area contributed by atoms with E-state index in [9.17, 15) is 4.79 Å². The molecule has 0 saturated carbocycles. The zero-order valence-electron chi connectivity index (χ0n) is 14.6. The van der Waals surface area contributed by atoms with E-state index in [1.54, 1.807) is 4.57 Å². The van der Waals surface area contributed by atoms with Gasteiger partial charge in [-0.25, -0.2) is 0 Å². The van der Waals surface area contributed by atoms with Crippen molar-refractivity contribution in [3.8, 4) is 11.4 Å². The highest BCUT2D eigenvalue weighted by Gasteiger charge is 2.14. The number of rotatable bonds is 8. The Morgan fingerprint density at radius 3 is 2.92 bits per heavy atom. The third-order valence-electron chi connectivity index (χ3n) is 3.98. The molecule has 0 spiro atoms. The Morgan fingerprint density at radius 2 is 2.21 bits per heavy atom. The van der Waals surface area contributed by atoms with E-state index in [1.165, 1.54) is 12.8 Å². The molecule has 0 fully saturated rings. The van der Waals surface area contributed by atoms with E-state index in [0.717, 1.165) is 24.0 Å². The number of hydrogen-bond donors (Lipinski definition) is 2. The van der Waals surface area contributed by atoms with Gasteiger partial charge in [0.1, 0.15) is 6.54 Å². The fraction of sp³-hybridized carbons (Fsp3) is 0.500. The summed E-state index contributed by atoms with van der Waals surface area (Å²) < 4.78 is 2.21. The standard InChI is InChI=1S/C18H26N4OS/c1-4-5-6-9-14(3)19-16(23)12-22-17(20-21-18(22)24)15-10-7-8-13(2)11-15/h7-8,10-11,14H,4-6,9,12H2,1-3H3,(H,19,23)(H,21,24). The number of H-pyrrole nitrogens is 1. The van der Waals surface area contributed by atoms with Crippen molar-refractivity contribution in [2.75, 3.05) is 0 Å². The highest BCUT2D eigenvalue weighted by Crippen LogP contribution is 2.18. The van der Waals surface area contributed by atoms with E-state index in [1.807, 2.05) is 38.1 Å². The normalized spacial score (nSPS) is 12.1. The fourth-order valence-corrected chi connectivity index (χ4v) is 2.90. The zero-order valence-corrected chi connectivity index (χ0v) is 15.4. The number of unbranched alkanes of at least 4 members (excludes halogenated alkanes) is 2. The summed E-state index contributed by atoms with van der Waals surface area (Å²) in [6.45, 7) is 6.43. The van der Waals surface area contributed by atoms with Crippen LogP contribution in [0.3, 0.4) is 0 Å². The van der Waals surface area contributed by atoms with Gasteiger partial charge in [-0.3, -0.25) is 14.5 Å². The lowest BCUT2D eigenvalue weighted by atomic mass is 10.1. The van der Waals surface area contributed by atoms with Crippen LogP contribution in [-0.4, -0.2) is 26.7 Å². The van der Waals surface area contributed by atoms with Gasteiger partial charge in [0.05, 0.1) is 0 Å². The number of aromatic amines is 1. The lowest BCUT2D eigenvalue weighted by Crippen LogP contribution is -2.35. The van der Waals surface area contributed by atoms with Crippen molar-refractivity contribution in [3.63, 3.8) is 0 Å². The van der Waals surface area contributed by atoms with Crippen LogP contribution in [0.2, 0.25) is 0 Å². The number of benzene rings is 1. The molecule has 2 aromatic rings. The minimum absolute atomic E-state index is 0.0367. The first kappa shape index (κ1) is 18.4. The number of amides is 1. The minimum atomic E-state index is -0.0367. The molecule has 0 aliphatic carbocycles. The average Bonchev–Trinajstić information content (AvgIpc) is 2.88. The Labute approximate surface area is 148 Å². The highest BCUT2D eigenvalue weighted by molar-refractivity contribution is 7.71. The molecule has 130 valence electrons. The first-order valence-corrected chi connectivity index (χ1v) is 8.93. The third kappa shape index (κ3) is 5.03. The molecule has 0 aliphatic heterocycles. The molecular weight excluding hydrogens is 320 g/mol. The van der Waals surface area contributed by atoms with E-state index >= 15 is 0 Å². The number of carbonyl (C=O) groups excluding carboxylic acids is 1. The van der Waals surface area contributed by atoms with Crippen LogP contribution in [0.5, 0.6) is 0 Å². The minimum Gasteiger partial charge on any atom is -0.352 e. The molecule has 0 saturated heterocycles. The summed E-state index contributed by atoms with van der Waals surface area (Å²) >= 11 is 5.29. The molecule has 2 rings (SSSR count). The zero-order chi connectivity index (χ0) is 17.5. The van der Waals surface area contributed by atoms with Gasteiger partial charge >= 0.3 is 0 Å². The Kier molecular flexibility index (Phi) is 6.73. The van der Waals surface area contributed by atoms with Gasteiger partial charge in [-0.05, 0) is 38.6 Å². The second-order valence-corrected chi connectivity index (χ2v) is 6.66. The lowest BCUT2D eigenvalue weighted by Gasteiger charge is -2.14. The van der Waals surface area contributed by atoms with Crippen molar-refractivity contribution < 1.29 is 4.79 Å². The average molecular weight is 346 g/mol. The number of aromatic nitrogens is 3. The van der Waals surface area contributed by atoms with Gasteiger partial charge in [-0.2, -0.15) is 5.10 Å². The van der Waals surface area contributed by atoms with Gasteiger partial charge in [0.15, 0.2) is 10.6 Å². The molecule has 6 heteroatoms. The summed E-state index contributed by atoms with van der Waals surface area (Å²) in [4.78, 5) is 12.3. The Hall–Kier alpha value is -1.95. The Bertz CT molecular complexity index is 735. The second kappa shape index (κ2) is 8.78. The van der Waals surface area contributed by atoms with Gasteiger partial charge in [-0.15, -0.1) is 0 Å². The number of nitrogens with one attached hydrogen (secondary N) is 2. The van der Waals surface area contributed by atoms with Crippen molar-refractivity contribution in [2.45, 2.75) is 59.0 Å². The molecular formula is C18H26N4OS. The lowest BCUT2D eigenvalue weighted by molar-refractivity contribution is -0.122. The van der Waals surface area contributed by atoms with E-state index in [0.29, 0.717) is 10.6 Å². The van der Waals surface area contributed by atoms with Gasteiger partial charge < -0.3 is 5.32 Å². The molecule has 1 atom stereocenters. The van der Waals surface area contributed by atoms with Crippen molar-refractivity contribution in [2.24, 2.45) is 0 Å². The van der Waals surface area contributed by atoms with Crippen molar-refractivity contribution in [1.29, 1.82) is 0 Å². The molecule has 0 bridgehead atoms. The summed E-state index contributed by atoms with van der Waals surface area (Å²) in [5, 5.41) is 10.1. The van der Waals surface area contributed by atoms with Gasteiger partial charge in [-0.1, -0.05) is 49.9 Å². The van der Waals surface area contributed by atoms with Crippen LogP contribution in [-0.2, 0) is 11.3 Å². The molecule has 2 N–H and O–H groups in total.